The number of nitrogens with one attached hydrogen (secondary N) is 2. The molecule has 0 aromatic heterocycles. The summed E-state index contributed by atoms with van der Waals surface area (Å²) in [6.45, 7) is 5.56. The quantitative estimate of drug-likeness (QED) is 0.496. The summed E-state index contributed by atoms with van der Waals surface area (Å²) in [5.41, 5.74) is 5.42. The number of carbonyl (C=O) groups excluding carboxylic acids is 2. The molecule has 174 valence electrons. The topological polar surface area (TPSA) is 105 Å². The molecule has 2 atom stereocenters. The minimum Gasteiger partial charge on any atom is -0.480 e. The SMILES string of the molecule is CC[C@@H](NC(=O)C(CC=C(C)C)NC(=O)OCC1c2ccccc2-c2ccccc21)C(=O)O. The first-order chi connectivity index (χ1) is 15.8. The number of amides is 2. The van der Waals surface area contributed by atoms with Crippen LogP contribution < -0.4 is 10.6 Å². The summed E-state index contributed by atoms with van der Waals surface area (Å²) in [6, 6.07) is 14.1. The molecule has 33 heavy (non-hydrogen) atoms. The molecule has 0 bridgehead atoms. The van der Waals surface area contributed by atoms with Gasteiger partial charge < -0.3 is 20.5 Å². The highest BCUT2D eigenvalue weighted by Gasteiger charge is 2.30. The number of carboxylic acid groups (broad SMARTS) is 1. The number of benzene rings is 2. The lowest BCUT2D eigenvalue weighted by atomic mass is 9.98. The summed E-state index contributed by atoms with van der Waals surface area (Å²) < 4.78 is 5.54. The molecule has 0 heterocycles. The molecule has 1 aliphatic carbocycles. The number of carbonyl (C=O) groups is 3. The van der Waals surface area contributed by atoms with Crippen LogP contribution in [0.5, 0.6) is 0 Å². The predicted octanol–water partition coefficient (Wildman–Crippen LogP) is 4.23. The first-order valence-electron chi connectivity index (χ1n) is 11.1. The van der Waals surface area contributed by atoms with Gasteiger partial charge in [-0.15, -0.1) is 0 Å². The number of hydrogen-bond donors (Lipinski definition) is 3. The smallest absolute Gasteiger partial charge is 0.407 e. The molecule has 0 aliphatic heterocycles. The fourth-order valence-corrected chi connectivity index (χ4v) is 3.98. The minimum atomic E-state index is -1.12. The molecule has 0 spiro atoms. The van der Waals surface area contributed by atoms with Crippen molar-refractivity contribution in [3.05, 3.63) is 71.3 Å². The third kappa shape index (κ3) is 5.80. The van der Waals surface area contributed by atoms with Crippen LogP contribution in [0.1, 0.15) is 50.7 Å². The van der Waals surface area contributed by atoms with Crippen LogP contribution in [0.2, 0.25) is 0 Å². The molecule has 1 aliphatic rings. The van der Waals surface area contributed by atoms with Crippen molar-refractivity contribution in [3.8, 4) is 11.1 Å². The van der Waals surface area contributed by atoms with E-state index in [9.17, 15) is 19.5 Å². The Labute approximate surface area is 193 Å². The highest BCUT2D eigenvalue weighted by atomic mass is 16.5. The lowest BCUT2D eigenvalue weighted by Crippen LogP contribution is -2.51. The van der Waals surface area contributed by atoms with E-state index in [0.29, 0.717) is 0 Å². The van der Waals surface area contributed by atoms with Gasteiger partial charge in [-0.3, -0.25) is 4.79 Å². The second-order valence-corrected chi connectivity index (χ2v) is 8.35. The van der Waals surface area contributed by atoms with Crippen LogP contribution in [-0.2, 0) is 14.3 Å². The molecule has 2 amide bonds. The van der Waals surface area contributed by atoms with E-state index in [4.69, 9.17) is 4.74 Å². The molecular weight excluding hydrogens is 420 g/mol. The number of alkyl carbamates (subject to hydrolysis) is 1. The normalized spacial score (nSPS) is 13.8. The fraction of sp³-hybridized carbons (Fsp3) is 0.346. The Morgan fingerprint density at radius 3 is 2.06 bits per heavy atom. The lowest BCUT2D eigenvalue weighted by Gasteiger charge is -2.21. The van der Waals surface area contributed by atoms with Crippen molar-refractivity contribution in [1.82, 2.24) is 10.6 Å². The number of carboxylic acids is 1. The molecule has 3 N–H and O–H groups in total. The summed E-state index contributed by atoms with van der Waals surface area (Å²) in [5, 5.41) is 14.3. The van der Waals surface area contributed by atoms with E-state index in [1.165, 1.54) is 0 Å². The first-order valence-corrected chi connectivity index (χ1v) is 11.1. The van der Waals surface area contributed by atoms with Gasteiger partial charge in [-0.1, -0.05) is 67.1 Å². The van der Waals surface area contributed by atoms with Crippen LogP contribution in [0.3, 0.4) is 0 Å². The Morgan fingerprint density at radius 2 is 1.55 bits per heavy atom. The zero-order valence-corrected chi connectivity index (χ0v) is 19.1. The number of aliphatic carboxylic acids is 1. The number of rotatable bonds is 9. The Balaban J connectivity index is 1.68. The van der Waals surface area contributed by atoms with Gasteiger partial charge in [0.2, 0.25) is 5.91 Å². The Hall–Kier alpha value is -3.61. The van der Waals surface area contributed by atoms with Crippen LogP contribution in [0.25, 0.3) is 11.1 Å². The van der Waals surface area contributed by atoms with Gasteiger partial charge in [-0.05, 0) is 48.9 Å². The zero-order valence-electron chi connectivity index (χ0n) is 19.1. The first kappa shape index (κ1) is 24.0. The maximum atomic E-state index is 12.7. The minimum absolute atomic E-state index is 0.0929. The van der Waals surface area contributed by atoms with Crippen molar-refractivity contribution in [2.24, 2.45) is 0 Å². The molecule has 0 radical (unpaired) electrons. The van der Waals surface area contributed by atoms with Crippen molar-refractivity contribution in [2.45, 2.75) is 51.6 Å². The highest BCUT2D eigenvalue weighted by molar-refractivity contribution is 5.89. The maximum Gasteiger partial charge on any atom is 0.407 e. The van der Waals surface area contributed by atoms with E-state index in [2.05, 4.69) is 22.8 Å². The number of allylic oxidation sites excluding steroid dienone is 1. The van der Waals surface area contributed by atoms with Crippen LogP contribution in [0, 0.1) is 0 Å². The zero-order chi connectivity index (χ0) is 24.0. The van der Waals surface area contributed by atoms with Gasteiger partial charge in [0.25, 0.3) is 0 Å². The van der Waals surface area contributed by atoms with Crippen LogP contribution >= 0.6 is 0 Å². The molecule has 0 saturated heterocycles. The maximum absolute atomic E-state index is 12.7. The lowest BCUT2D eigenvalue weighted by molar-refractivity contribution is -0.142. The third-order valence-corrected chi connectivity index (χ3v) is 5.74. The molecule has 1 unspecified atom stereocenters. The molecule has 0 fully saturated rings. The number of fused-ring (bicyclic) bond motifs is 3. The predicted molar refractivity (Wildman–Crippen MR) is 126 cm³/mol. The molecule has 0 saturated carbocycles. The molecule has 7 heteroatoms. The van der Waals surface area contributed by atoms with Crippen LogP contribution in [-0.4, -0.2) is 41.8 Å². The molecule has 2 aromatic rings. The number of ether oxygens (including phenoxy) is 1. The van der Waals surface area contributed by atoms with Crippen molar-refractivity contribution in [3.63, 3.8) is 0 Å². The second kappa shape index (κ2) is 10.8. The van der Waals surface area contributed by atoms with Crippen LogP contribution in [0.15, 0.2) is 60.2 Å². The van der Waals surface area contributed by atoms with Crippen molar-refractivity contribution in [1.29, 1.82) is 0 Å². The summed E-state index contributed by atoms with van der Waals surface area (Å²) in [4.78, 5) is 36.6. The van der Waals surface area contributed by atoms with E-state index in [-0.39, 0.29) is 25.4 Å². The van der Waals surface area contributed by atoms with Crippen molar-refractivity contribution >= 4 is 18.0 Å². The molecule has 3 rings (SSSR count). The van der Waals surface area contributed by atoms with Crippen LogP contribution in [0.4, 0.5) is 4.79 Å². The van der Waals surface area contributed by atoms with Gasteiger partial charge in [0.1, 0.15) is 18.7 Å². The monoisotopic (exact) mass is 450 g/mol. The molecule has 2 aromatic carbocycles. The fourth-order valence-electron chi connectivity index (χ4n) is 3.98. The summed E-state index contributed by atoms with van der Waals surface area (Å²) in [5.74, 6) is -1.77. The summed E-state index contributed by atoms with van der Waals surface area (Å²) in [7, 11) is 0. The Kier molecular flexibility index (Phi) is 7.87. The largest absolute Gasteiger partial charge is 0.480 e. The molecular formula is C26H30N2O5. The standard InChI is InChI=1S/C26H30N2O5/c1-4-22(25(30)31)27-24(29)23(14-13-16(2)3)28-26(32)33-15-21-19-11-7-5-9-17(19)18-10-6-8-12-20(18)21/h5-13,21-23H,4,14-15H2,1-3H3,(H,27,29)(H,28,32)(H,30,31)/t22-,23?/m1/s1. The average Bonchev–Trinajstić information content (AvgIpc) is 3.12. The third-order valence-electron chi connectivity index (χ3n) is 5.74. The van der Waals surface area contributed by atoms with Gasteiger partial charge in [0.15, 0.2) is 0 Å². The number of hydrogen-bond acceptors (Lipinski definition) is 4. The van der Waals surface area contributed by atoms with E-state index in [0.717, 1.165) is 27.8 Å². The average molecular weight is 451 g/mol. The van der Waals surface area contributed by atoms with Gasteiger partial charge in [0.05, 0.1) is 0 Å². The Bertz CT molecular complexity index is 1010. The Morgan fingerprint density at radius 1 is 0.970 bits per heavy atom. The van der Waals surface area contributed by atoms with E-state index >= 15 is 0 Å². The second-order valence-electron chi connectivity index (χ2n) is 8.35. The van der Waals surface area contributed by atoms with Gasteiger partial charge in [0, 0.05) is 5.92 Å². The van der Waals surface area contributed by atoms with Crippen molar-refractivity contribution in [2.75, 3.05) is 6.61 Å². The van der Waals surface area contributed by atoms with Crippen molar-refractivity contribution < 1.29 is 24.2 Å². The van der Waals surface area contributed by atoms with E-state index in [1.54, 1.807) is 6.92 Å². The summed E-state index contributed by atoms with van der Waals surface area (Å²) in [6.07, 6.45) is 1.56. The molecule has 7 nitrogen and oxygen atoms in total. The highest BCUT2D eigenvalue weighted by Crippen LogP contribution is 2.44. The van der Waals surface area contributed by atoms with E-state index < -0.39 is 30.1 Å². The van der Waals surface area contributed by atoms with Gasteiger partial charge in [-0.25, -0.2) is 9.59 Å². The summed E-state index contributed by atoms with van der Waals surface area (Å²) >= 11 is 0. The van der Waals surface area contributed by atoms with E-state index in [1.807, 2.05) is 56.3 Å². The van der Waals surface area contributed by atoms with Gasteiger partial charge in [-0.2, -0.15) is 0 Å². The van der Waals surface area contributed by atoms with Gasteiger partial charge >= 0.3 is 12.1 Å².